The lowest BCUT2D eigenvalue weighted by atomic mass is 9.95. The summed E-state index contributed by atoms with van der Waals surface area (Å²) in [5, 5.41) is 3.01. The molecule has 0 radical (unpaired) electrons. The lowest BCUT2D eigenvalue weighted by Gasteiger charge is -2.32. The predicted octanol–water partition coefficient (Wildman–Crippen LogP) is 3.24. The summed E-state index contributed by atoms with van der Waals surface area (Å²) in [6.07, 6.45) is 5.35. The average molecular weight is 383 g/mol. The highest BCUT2D eigenvalue weighted by Gasteiger charge is 2.25. The molecule has 7 heteroatoms. The van der Waals surface area contributed by atoms with Gasteiger partial charge in [-0.25, -0.2) is 0 Å². The smallest absolute Gasteiger partial charge is 0.227 e. The normalized spacial score (nSPS) is 14.2. The van der Waals surface area contributed by atoms with Crippen LogP contribution in [0.5, 0.6) is 0 Å². The van der Waals surface area contributed by atoms with Crippen molar-refractivity contribution in [2.24, 2.45) is 11.7 Å². The average Bonchev–Trinajstić information content (AvgIpc) is 2.63. The van der Waals surface area contributed by atoms with Crippen LogP contribution in [0.15, 0.2) is 48.8 Å². The van der Waals surface area contributed by atoms with Crippen LogP contribution >= 0.6 is 24.8 Å². The molecule has 2 heterocycles. The summed E-state index contributed by atoms with van der Waals surface area (Å²) in [7, 11) is 0. The number of nitrogens with two attached hydrogens (primary N) is 1. The Morgan fingerprint density at radius 2 is 1.68 bits per heavy atom. The summed E-state index contributed by atoms with van der Waals surface area (Å²) in [6.45, 7) is 2.31. The zero-order valence-electron chi connectivity index (χ0n) is 13.9. The summed E-state index contributed by atoms with van der Waals surface area (Å²) in [5.74, 6) is 0.183. The quantitative estimate of drug-likeness (QED) is 0.851. The topological polar surface area (TPSA) is 71.2 Å². The highest BCUT2D eigenvalue weighted by Crippen LogP contribution is 2.24. The molecule has 1 fully saturated rings. The van der Waals surface area contributed by atoms with Crippen LogP contribution in [0.3, 0.4) is 0 Å². The van der Waals surface area contributed by atoms with Crippen LogP contribution in [0.2, 0.25) is 0 Å². The molecule has 1 aromatic heterocycles. The summed E-state index contributed by atoms with van der Waals surface area (Å²) in [4.78, 5) is 18.8. The van der Waals surface area contributed by atoms with Crippen molar-refractivity contribution in [2.75, 3.05) is 23.3 Å². The third-order valence-corrected chi connectivity index (χ3v) is 4.35. The van der Waals surface area contributed by atoms with Gasteiger partial charge in [-0.1, -0.05) is 12.1 Å². The molecule has 1 amide bonds. The third kappa shape index (κ3) is 5.59. The summed E-state index contributed by atoms with van der Waals surface area (Å²) in [6, 6.07) is 11.7. The second kappa shape index (κ2) is 10.2. The molecular formula is C18H24Cl2N4O. The molecule has 0 saturated carbocycles. The Morgan fingerprint density at radius 1 is 1.08 bits per heavy atom. The Morgan fingerprint density at radius 3 is 2.24 bits per heavy atom. The van der Waals surface area contributed by atoms with Gasteiger partial charge < -0.3 is 16.0 Å². The molecule has 0 unspecified atom stereocenters. The van der Waals surface area contributed by atoms with Crippen molar-refractivity contribution in [3.05, 3.63) is 54.4 Å². The van der Waals surface area contributed by atoms with E-state index in [0.29, 0.717) is 6.54 Å². The second-order valence-corrected chi connectivity index (χ2v) is 5.86. The number of aromatic nitrogens is 1. The molecule has 1 aromatic carbocycles. The number of nitrogens with zero attached hydrogens (tertiary/aromatic N) is 2. The second-order valence-electron chi connectivity index (χ2n) is 5.86. The summed E-state index contributed by atoms with van der Waals surface area (Å²) >= 11 is 0. The van der Waals surface area contributed by atoms with Crippen LogP contribution in [0, 0.1) is 5.92 Å². The van der Waals surface area contributed by atoms with E-state index >= 15 is 0 Å². The fraction of sp³-hybridized carbons (Fsp3) is 0.333. The standard InChI is InChI=1S/C18H22N4O.2ClH/c19-13-14-1-3-16(4-2-14)21-18(23)15-7-11-22(12-8-15)17-5-9-20-10-6-17;;/h1-6,9-10,15H,7-8,11-13,19H2,(H,21,23);2*1H. The van der Waals surface area contributed by atoms with Crippen molar-refractivity contribution in [1.29, 1.82) is 0 Å². The molecule has 1 aliphatic rings. The first-order chi connectivity index (χ1) is 11.3. The van der Waals surface area contributed by atoms with E-state index in [0.717, 1.165) is 37.2 Å². The number of anilines is 2. The van der Waals surface area contributed by atoms with Crippen LogP contribution in [-0.4, -0.2) is 24.0 Å². The molecule has 3 rings (SSSR count). The van der Waals surface area contributed by atoms with E-state index in [-0.39, 0.29) is 36.6 Å². The van der Waals surface area contributed by atoms with Crippen LogP contribution in [0.1, 0.15) is 18.4 Å². The maximum atomic E-state index is 12.4. The van der Waals surface area contributed by atoms with E-state index in [1.54, 1.807) is 12.4 Å². The molecule has 0 aliphatic carbocycles. The molecule has 5 nitrogen and oxygen atoms in total. The maximum Gasteiger partial charge on any atom is 0.227 e. The van der Waals surface area contributed by atoms with Crippen molar-refractivity contribution in [3.63, 3.8) is 0 Å². The number of nitrogens with one attached hydrogen (secondary N) is 1. The van der Waals surface area contributed by atoms with Crippen molar-refractivity contribution in [3.8, 4) is 0 Å². The SMILES string of the molecule is Cl.Cl.NCc1ccc(NC(=O)C2CCN(c3ccncc3)CC2)cc1. The molecule has 1 saturated heterocycles. The van der Waals surface area contributed by atoms with Gasteiger partial charge in [0.1, 0.15) is 0 Å². The lowest BCUT2D eigenvalue weighted by molar-refractivity contribution is -0.120. The largest absolute Gasteiger partial charge is 0.371 e. The van der Waals surface area contributed by atoms with Crippen molar-refractivity contribution < 1.29 is 4.79 Å². The predicted molar refractivity (Wildman–Crippen MR) is 107 cm³/mol. The van der Waals surface area contributed by atoms with Gasteiger partial charge in [-0.15, -0.1) is 24.8 Å². The molecular weight excluding hydrogens is 359 g/mol. The minimum Gasteiger partial charge on any atom is -0.371 e. The fourth-order valence-corrected chi connectivity index (χ4v) is 2.92. The van der Waals surface area contributed by atoms with E-state index < -0.39 is 0 Å². The van der Waals surface area contributed by atoms with E-state index in [1.165, 1.54) is 5.69 Å². The van der Waals surface area contributed by atoms with E-state index in [9.17, 15) is 4.79 Å². The zero-order chi connectivity index (χ0) is 16.1. The number of benzene rings is 1. The van der Waals surface area contributed by atoms with Gasteiger partial charge in [0.25, 0.3) is 0 Å². The molecule has 3 N–H and O–H groups in total. The number of carbonyl (C=O) groups excluding carboxylic acids is 1. The minimum atomic E-state index is 0. The Bertz CT molecular complexity index is 644. The number of hydrogen-bond donors (Lipinski definition) is 2. The van der Waals surface area contributed by atoms with Crippen molar-refractivity contribution >= 4 is 42.1 Å². The Hall–Kier alpha value is -1.82. The van der Waals surface area contributed by atoms with E-state index in [2.05, 4.69) is 15.2 Å². The van der Waals surface area contributed by atoms with Gasteiger partial charge in [0.15, 0.2) is 0 Å². The zero-order valence-corrected chi connectivity index (χ0v) is 15.6. The summed E-state index contributed by atoms with van der Waals surface area (Å²) in [5.41, 5.74) is 8.66. The molecule has 25 heavy (non-hydrogen) atoms. The van der Waals surface area contributed by atoms with Gasteiger partial charge >= 0.3 is 0 Å². The first-order valence-electron chi connectivity index (χ1n) is 8.01. The minimum absolute atomic E-state index is 0. The molecule has 1 aliphatic heterocycles. The van der Waals surface area contributed by atoms with Crippen LogP contribution < -0.4 is 16.0 Å². The Kier molecular flexibility index (Phi) is 8.69. The summed E-state index contributed by atoms with van der Waals surface area (Å²) < 4.78 is 0. The maximum absolute atomic E-state index is 12.4. The number of pyridine rings is 1. The first-order valence-corrected chi connectivity index (χ1v) is 8.01. The number of amides is 1. The number of hydrogen-bond acceptors (Lipinski definition) is 4. The Labute approximate surface area is 160 Å². The van der Waals surface area contributed by atoms with Crippen molar-refractivity contribution in [1.82, 2.24) is 4.98 Å². The number of halogens is 2. The monoisotopic (exact) mass is 382 g/mol. The van der Waals surface area contributed by atoms with Gasteiger partial charge in [-0.2, -0.15) is 0 Å². The van der Waals surface area contributed by atoms with E-state index in [1.807, 2.05) is 36.4 Å². The Balaban J connectivity index is 0.00000156. The molecule has 0 bridgehead atoms. The first kappa shape index (κ1) is 21.2. The number of piperidine rings is 1. The van der Waals surface area contributed by atoms with Gasteiger partial charge in [-0.3, -0.25) is 9.78 Å². The van der Waals surface area contributed by atoms with Crippen LogP contribution in [-0.2, 0) is 11.3 Å². The van der Waals surface area contributed by atoms with Gasteiger partial charge in [0.2, 0.25) is 5.91 Å². The fourth-order valence-electron chi connectivity index (χ4n) is 2.92. The highest BCUT2D eigenvalue weighted by molar-refractivity contribution is 5.92. The molecule has 2 aromatic rings. The third-order valence-electron chi connectivity index (χ3n) is 4.35. The number of rotatable bonds is 4. The lowest BCUT2D eigenvalue weighted by Crippen LogP contribution is -2.38. The van der Waals surface area contributed by atoms with Gasteiger partial charge in [0.05, 0.1) is 0 Å². The van der Waals surface area contributed by atoms with E-state index in [4.69, 9.17) is 5.73 Å². The number of carbonyl (C=O) groups is 1. The van der Waals surface area contributed by atoms with Gasteiger partial charge in [0, 0.05) is 49.3 Å². The molecule has 0 atom stereocenters. The molecule has 136 valence electrons. The van der Waals surface area contributed by atoms with Crippen LogP contribution in [0.25, 0.3) is 0 Å². The van der Waals surface area contributed by atoms with Crippen LogP contribution in [0.4, 0.5) is 11.4 Å². The molecule has 0 spiro atoms. The van der Waals surface area contributed by atoms with Gasteiger partial charge in [-0.05, 0) is 42.7 Å². The van der Waals surface area contributed by atoms with Crippen molar-refractivity contribution in [2.45, 2.75) is 19.4 Å². The highest BCUT2D eigenvalue weighted by atomic mass is 35.5.